The number of aryl methyl sites for hydroxylation is 1. The molecule has 0 radical (unpaired) electrons. The number of carbonyl (C=O) groups is 1. The van der Waals surface area contributed by atoms with Crippen molar-refractivity contribution in [3.05, 3.63) is 29.7 Å². The Bertz CT molecular complexity index is 550. The monoisotopic (exact) mass is 249 g/mol. The van der Waals surface area contributed by atoms with E-state index in [0.29, 0.717) is 17.8 Å². The van der Waals surface area contributed by atoms with Crippen LogP contribution in [-0.4, -0.2) is 41.4 Å². The van der Waals surface area contributed by atoms with E-state index >= 15 is 0 Å². The van der Waals surface area contributed by atoms with Crippen LogP contribution in [0, 0.1) is 0 Å². The molecule has 2 aromatic rings. The van der Waals surface area contributed by atoms with Gasteiger partial charge in [0.15, 0.2) is 11.5 Å². The van der Waals surface area contributed by atoms with Crippen molar-refractivity contribution in [2.75, 3.05) is 20.8 Å². The van der Waals surface area contributed by atoms with Crippen LogP contribution >= 0.6 is 0 Å². The van der Waals surface area contributed by atoms with Crippen LogP contribution in [0.3, 0.4) is 0 Å². The molecule has 0 amide bonds. The van der Waals surface area contributed by atoms with Gasteiger partial charge in [0, 0.05) is 26.3 Å². The average molecular weight is 249 g/mol. The number of pyridine rings is 1. The van der Waals surface area contributed by atoms with Gasteiger partial charge in [0.25, 0.3) is 0 Å². The summed E-state index contributed by atoms with van der Waals surface area (Å²) in [6.07, 6.45) is 3.33. The molecule has 2 heterocycles. The van der Waals surface area contributed by atoms with Crippen molar-refractivity contribution in [3.8, 4) is 0 Å². The van der Waals surface area contributed by atoms with Gasteiger partial charge in [0.2, 0.25) is 0 Å². The maximum absolute atomic E-state index is 11.4. The van der Waals surface area contributed by atoms with E-state index in [2.05, 4.69) is 14.8 Å². The Morgan fingerprint density at radius 3 is 3.00 bits per heavy atom. The predicted molar refractivity (Wildman–Crippen MR) is 64.5 cm³/mol. The summed E-state index contributed by atoms with van der Waals surface area (Å²) < 4.78 is 11.3. The molecule has 96 valence electrons. The molecule has 0 aliphatic rings. The number of nitrogens with zero attached hydrogens (tertiary/aromatic N) is 3. The summed E-state index contributed by atoms with van der Waals surface area (Å²) in [5, 5.41) is 4.31. The summed E-state index contributed by atoms with van der Waals surface area (Å²) in [6, 6.07) is 3.32. The number of fused-ring (bicyclic) bond motifs is 1. The summed E-state index contributed by atoms with van der Waals surface area (Å²) in [7, 11) is 3.02. The SMILES string of the molecule is COCCCc1nc2cc(C(=O)OC)ccn2n1. The minimum absolute atomic E-state index is 0.374. The third-order valence-corrected chi connectivity index (χ3v) is 2.55. The zero-order valence-electron chi connectivity index (χ0n) is 10.4. The number of methoxy groups -OCH3 is 2. The van der Waals surface area contributed by atoms with E-state index < -0.39 is 0 Å². The fraction of sp³-hybridized carbons (Fsp3) is 0.417. The molecule has 6 heteroatoms. The van der Waals surface area contributed by atoms with Crippen molar-refractivity contribution in [2.45, 2.75) is 12.8 Å². The van der Waals surface area contributed by atoms with E-state index in [-0.39, 0.29) is 5.97 Å². The quantitative estimate of drug-likeness (QED) is 0.586. The van der Waals surface area contributed by atoms with Crippen LogP contribution in [0.5, 0.6) is 0 Å². The predicted octanol–water partition coefficient (Wildman–Crippen LogP) is 1.09. The van der Waals surface area contributed by atoms with Crippen molar-refractivity contribution in [1.82, 2.24) is 14.6 Å². The first-order chi connectivity index (χ1) is 8.74. The zero-order chi connectivity index (χ0) is 13.0. The summed E-state index contributed by atoms with van der Waals surface area (Å²) in [5.74, 6) is 0.371. The summed E-state index contributed by atoms with van der Waals surface area (Å²) >= 11 is 0. The maximum atomic E-state index is 11.4. The number of aromatic nitrogens is 3. The third-order valence-electron chi connectivity index (χ3n) is 2.55. The molecule has 2 rings (SSSR count). The van der Waals surface area contributed by atoms with Crippen molar-refractivity contribution in [1.29, 1.82) is 0 Å². The number of esters is 1. The number of carbonyl (C=O) groups excluding carboxylic acids is 1. The molecule has 0 saturated carbocycles. The first kappa shape index (κ1) is 12.5. The molecule has 0 atom stereocenters. The highest BCUT2D eigenvalue weighted by Gasteiger charge is 2.09. The largest absolute Gasteiger partial charge is 0.465 e. The van der Waals surface area contributed by atoms with Gasteiger partial charge in [-0.1, -0.05) is 0 Å². The summed E-state index contributed by atoms with van der Waals surface area (Å²) in [4.78, 5) is 15.7. The zero-order valence-corrected chi connectivity index (χ0v) is 10.4. The molecule has 0 N–H and O–H groups in total. The molecule has 0 aliphatic heterocycles. The molecule has 18 heavy (non-hydrogen) atoms. The highest BCUT2D eigenvalue weighted by atomic mass is 16.5. The lowest BCUT2D eigenvalue weighted by Crippen LogP contribution is -2.02. The van der Waals surface area contributed by atoms with Crippen LogP contribution in [0.4, 0.5) is 0 Å². The van der Waals surface area contributed by atoms with E-state index in [9.17, 15) is 4.79 Å². The first-order valence-electron chi connectivity index (χ1n) is 5.67. The summed E-state index contributed by atoms with van der Waals surface area (Å²) in [6.45, 7) is 0.683. The lowest BCUT2D eigenvalue weighted by molar-refractivity contribution is 0.0600. The fourth-order valence-corrected chi connectivity index (χ4v) is 1.65. The topological polar surface area (TPSA) is 65.7 Å². The molecule has 2 aromatic heterocycles. The van der Waals surface area contributed by atoms with Crippen LogP contribution < -0.4 is 0 Å². The molecule has 0 unspecified atom stereocenters. The van der Waals surface area contributed by atoms with Gasteiger partial charge in [-0.2, -0.15) is 5.10 Å². The van der Waals surface area contributed by atoms with E-state index in [1.54, 1.807) is 30.0 Å². The molecule has 0 aliphatic carbocycles. The third kappa shape index (κ3) is 2.65. The van der Waals surface area contributed by atoms with Crippen LogP contribution in [0.2, 0.25) is 0 Å². The van der Waals surface area contributed by atoms with Gasteiger partial charge in [0.1, 0.15) is 0 Å². The van der Waals surface area contributed by atoms with Gasteiger partial charge in [-0.05, 0) is 18.6 Å². The van der Waals surface area contributed by atoms with Gasteiger partial charge < -0.3 is 9.47 Å². The molecular weight excluding hydrogens is 234 g/mol. The fourth-order valence-electron chi connectivity index (χ4n) is 1.65. The van der Waals surface area contributed by atoms with Gasteiger partial charge in [-0.15, -0.1) is 0 Å². The Balaban J connectivity index is 2.20. The van der Waals surface area contributed by atoms with Gasteiger partial charge in [0.05, 0.1) is 12.7 Å². The van der Waals surface area contributed by atoms with E-state index in [4.69, 9.17) is 4.74 Å². The Labute approximate surface area is 105 Å². The van der Waals surface area contributed by atoms with Crippen LogP contribution in [0.15, 0.2) is 18.3 Å². The van der Waals surface area contributed by atoms with Gasteiger partial charge in [-0.25, -0.2) is 14.3 Å². The Morgan fingerprint density at radius 2 is 2.28 bits per heavy atom. The molecule has 0 saturated heterocycles. The number of rotatable bonds is 5. The average Bonchev–Trinajstić information content (AvgIpc) is 2.79. The maximum Gasteiger partial charge on any atom is 0.338 e. The number of hydrogen-bond acceptors (Lipinski definition) is 5. The minimum atomic E-state index is -0.374. The van der Waals surface area contributed by atoms with Crippen LogP contribution in [-0.2, 0) is 15.9 Å². The van der Waals surface area contributed by atoms with E-state index in [0.717, 1.165) is 18.7 Å². The minimum Gasteiger partial charge on any atom is -0.465 e. The van der Waals surface area contributed by atoms with Crippen LogP contribution in [0.25, 0.3) is 5.65 Å². The van der Waals surface area contributed by atoms with Crippen molar-refractivity contribution >= 4 is 11.6 Å². The second kappa shape index (κ2) is 5.59. The van der Waals surface area contributed by atoms with Crippen molar-refractivity contribution in [2.24, 2.45) is 0 Å². The Morgan fingerprint density at radius 1 is 1.44 bits per heavy atom. The van der Waals surface area contributed by atoms with E-state index in [1.165, 1.54) is 7.11 Å². The standard InChI is InChI=1S/C12H15N3O3/c1-17-7-3-4-10-13-11-8-9(12(16)18-2)5-6-15(11)14-10/h5-6,8H,3-4,7H2,1-2H3. The molecule has 0 fully saturated rings. The Kier molecular flexibility index (Phi) is 3.88. The van der Waals surface area contributed by atoms with Gasteiger partial charge >= 0.3 is 5.97 Å². The second-order valence-electron chi connectivity index (χ2n) is 3.83. The summed E-state index contributed by atoms with van der Waals surface area (Å²) in [5.41, 5.74) is 1.12. The smallest absolute Gasteiger partial charge is 0.338 e. The van der Waals surface area contributed by atoms with E-state index in [1.807, 2.05) is 0 Å². The second-order valence-corrected chi connectivity index (χ2v) is 3.83. The number of ether oxygens (including phenoxy) is 2. The highest BCUT2D eigenvalue weighted by Crippen LogP contribution is 2.08. The molecular formula is C12H15N3O3. The lowest BCUT2D eigenvalue weighted by atomic mass is 10.3. The molecule has 6 nitrogen and oxygen atoms in total. The molecule has 0 bridgehead atoms. The molecule has 0 spiro atoms. The highest BCUT2D eigenvalue weighted by molar-refractivity contribution is 5.90. The normalized spacial score (nSPS) is 10.8. The van der Waals surface area contributed by atoms with Crippen molar-refractivity contribution in [3.63, 3.8) is 0 Å². The van der Waals surface area contributed by atoms with Gasteiger partial charge in [-0.3, -0.25) is 0 Å². The van der Waals surface area contributed by atoms with Crippen molar-refractivity contribution < 1.29 is 14.3 Å². The lowest BCUT2D eigenvalue weighted by Gasteiger charge is -1.97. The first-order valence-corrected chi connectivity index (χ1v) is 5.67. The molecule has 0 aromatic carbocycles. The number of hydrogen-bond donors (Lipinski definition) is 0. The Hall–Kier alpha value is -1.95. The van der Waals surface area contributed by atoms with Crippen LogP contribution in [0.1, 0.15) is 22.6 Å².